The Bertz CT molecular complexity index is 794. The van der Waals surface area contributed by atoms with E-state index in [1.165, 1.54) is 4.31 Å². The minimum Gasteiger partial charge on any atom is -0.481 e. The van der Waals surface area contributed by atoms with Gasteiger partial charge in [-0.25, -0.2) is 8.42 Å². The Morgan fingerprint density at radius 1 is 1.07 bits per heavy atom. The molecule has 1 aliphatic heterocycles. The predicted octanol–water partition coefficient (Wildman–Crippen LogP) is 1.92. The third-order valence-electron chi connectivity index (χ3n) is 5.47. The molecule has 2 N–H and O–H groups in total. The molecule has 1 heterocycles. The van der Waals surface area contributed by atoms with Gasteiger partial charge in [0.05, 0.1) is 16.9 Å². The molecule has 1 amide bonds. The molecule has 1 aromatic carbocycles. The minimum atomic E-state index is -3.42. The van der Waals surface area contributed by atoms with E-state index < -0.39 is 21.5 Å². The minimum absolute atomic E-state index is 0.0399. The van der Waals surface area contributed by atoms with E-state index >= 15 is 0 Å². The number of nitrogens with zero attached hydrogens (tertiary/aromatic N) is 1. The number of aryl methyl sites for hydroxylation is 1. The van der Waals surface area contributed by atoms with Crippen molar-refractivity contribution in [2.45, 2.75) is 61.8 Å². The molecule has 0 aromatic heterocycles. The summed E-state index contributed by atoms with van der Waals surface area (Å²) in [4.78, 5) is 23.5. The van der Waals surface area contributed by atoms with Crippen molar-refractivity contribution in [3.05, 3.63) is 29.8 Å². The molecule has 1 saturated heterocycles. The molecule has 27 heavy (non-hydrogen) atoms. The van der Waals surface area contributed by atoms with Crippen molar-refractivity contribution in [3.8, 4) is 0 Å². The van der Waals surface area contributed by atoms with Crippen LogP contribution in [0.2, 0.25) is 0 Å². The van der Waals surface area contributed by atoms with E-state index in [2.05, 4.69) is 5.32 Å². The first-order chi connectivity index (χ1) is 12.8. The summed E-state index contributed by atoms with van der Waals surface area (Å²) in [6.07, 6.45) is 4.83. The summed E-state index contributed by atoms with van der Waals surface area (Å²) in [7, 11) is -3.42. The van der Waals surface area contributed by atoms with E-state index in [0.717, 1.165) is 24.8 Å². The monoisotopic (exact) mass is 394 g/mol. The third kappa shape index (κ3) is 4.68. The molecule has 0 radical (unpaired) electrons. The Labute approximate surface area is 159 Å². The van der Waals surface area contributed by atoms with Gasteiger partial charge in [0.15, 0.2) is 0 Å². The molecule has 7 nitrogen and oxygen atoms in total. The van der Waals surface area contributed by atoms with Gasteiger partial charge in [-0.15, -0.1) is 0 Å². The van der Waals surface area contributed by atoms with Gasteiger partial charge in [-0.05, 0) is 56.2 Å². The highest BCUT2D eigenvalue weighted by Gasteiger charge is 2.40. The quantitative estimate of drug-likeness (QED) is 0.701. The second-order valence-electron chi connectivity index (χ2n) is 7.51. The van der Waals surface area contributed by atoms with Crippen LogP contribution in [0.3, 0.4) is 0 Å². The van der Waals surface area contributed by atoms with Crippen LogP contribution in [0, 0.1) is 0 Å². The Morgan fingerprint density at radius 2 is 1.70 bits per heavy atom. The topological polar surface area (TPSA) is 104 Å². The molecular formula is C19H26N2O5S. The van der Waals surface area contributed by atoms with Crippen molar-refractivity contribution in [1.82, 2.24) is 9.62 Å². The molecule has 1 aliphatic carbocycles. The van der Waals surface area contributed by atoms with Crippen molar-refractivity contribution in [3.63, 3.8) is 0 Å². The first-order valence-electron chi connectivity index (χ1n) is 9.43. The first kappa shape index (κ1) is 19.8. The van der Waals surface area contributed by atoms with E-state index in [0.29, 0.717) is 32.4 Å². The number of hydrogen-bond acceptors (Lipinski definition) is 4. The van der Waals surface area contributed by atoms with Gasteiger partial charge in [-0.2, -0.15) is 4.31 Å². The number of sulfonamides is 1. The molecule has 0 spiro atoms. The van der Waals surface area contributed by atoms with Gasteiger partial charge in [0, 0.05) is 19.5 Å². The Kier molecular flexibility index (Phi) is 5.86. The maximum Gasteiger partial charge on any atom is 0.305 e. The average Bonchev–Trinajstić information content (AvgIpc) is 3.13. The highest BCUT2D eigenvalue weighted by molar-refractivity contribution is 7.89. The van der Waals surface area contributed by atoms with Gasteiger partial charge in [0.2, 0.25) is 15.9 Å². The van der Waals surface area contributed by atoms with Crippen molar-refractivity contribution in [2.75, 3.05) is 13.1 Å². The summed E-state index contributed by atoms with van der Waals surface area (Å²) in [5.74, 6) is -1.06. The van der Waals surface area contributed by atoms with Gasteiger partial charge in [0.25, 0.3) is 0 Å². The lowest BCUT2D eigenvalue weighted by atomic mass is 9.74. The summed E-state index contributed by atoms with van der Waals surface area (Å²) in [5, 5.41) is 11.9. The summed E-state index contributed by atoms with van der Waals surface area (Å²) >= 11 is 0. The number of benzene rings is 1. The van der Waals surface area contributed by atoms with E-state index in [4.69, 9.17) is 5.11 Å². The van der Waals surface area contributed by atoms with E-state index in [9.17, 15) is 18.0 Å². The summed E-state index contributed by atoms with van der Waals surface area (Å²) < 4.78 is 26.5. The van der Waals surface area contributed by atoms with E-state index in [1.54, 1.807) is 24.3 Å². The van der Waals surface area contributed by atoms with Gasteiger partial charge < -0.3 is 10.4 Å². The number of carbonyl (C=O) groups excluding carboxylic acids is 1. The predicted molar refractivity (Wildman–Crippen MR) is 99.7 cm³/mol. The smallest absolute Gasteiger partial charge is 0.305 e. The van der Waals surface area contributed by atoms with Crippen LogP contribution >= 0.6 is 0 Å². The number of amides is 1. The molecule has 0 unspecified atom stereocenters. The lowest BCUT2D eigenvalue weighted by Crippen LogP contribution is -2.54. The molecule has 148 valence electrons. The van der Waals surface area contributed by atoms with Crippen molar-refractivity contribution in [2.24, 2.45) is 0 Å². The maximum absolute atomic E-state index is 12.5. The fourth-order valence-electron chi connectivity index (χ4n) is 3.76. The molecule has 3 rings (SSSR count). The van der Waals surface area contributed by atoms with Crippen LogP contribution in [0.15, 0.2) is 29.2 Å². The average molecular weight is 394 g/mol. The van der Waals surface area contributed by atoms with E-state index in [-0.39, 0.29) is 23.6 Å². The lowest BCUT2D eigenvalue weighted by molar-refractivity contribution is -0.140. The molecule has 0 atom stereocenters. The van der Waals surface area contributed by atoms with Gasteiger partial charge in [0.1, 0.15) is 0 Å². The zero-order valence-corrected chi connectivity index (χ0v) is 16.1. The largest absolute Gasteiger partial charge is 0.481 e. The summed E-state index contributed by atoms with van der Waals surface area (Å²) in [6, 6.07) is 6.68. The van der Waals surface area contributed by atoms with Crippen LogP contribution < -0.4 is 5.32 Å². The third-order valence-corrected chi connectivity index (χ3v) is 7.38. The second-order valence-corrected chi connectivity index (χ2v) is 9.45. The van der Waals surface area contributed by atoms with Crippen LogP contribution in [-0.2, 0) is 26.0 Å². The molecule has 2 aliphatic rings. The molecular weight excluding hydrogens is 368 g/mol. The van der Waals surface area contributed by atoms with Gasteiger partial charge in [-0.1, -0.05) is 12.1 Å². The standard InChI is InChI=1S/C19H26N2O5S/c22-17(20-19(10-3-11-19)14-18(23)24)9-6-15-4-7-16(8-5-15)27(25,26)21-12-1-2-13-21/h4-5,7-8H,1-3,6,9-14H2,(H,20,22)(H,23,24). The van der Waals surface area contributed by atoms with Crippen LogP contribution in [0.25, 0.3) is 0 Å². The number of carboxylic acids is 1. The maximum atomic E-state index is 12.5. The fourth-order valence-corrected chi connectivity index (χ4v) is 5.28. The first-order valence-corrected chi connectivity index (χ1v) is 10.9. The number of aliphatic carboxylic acids is 1. The molecule has 1 aromatic rings. The second kappa shape index (κ2) is 7.98. The number of carbonyl (C=O) groups is 2. The van der Waals surface area contributed by atoms with Crippen molar-refractivity contribution >= 4 is 21.9 Å². The molecule has 0 bridgehead atoms. The Hall–Kier alpha value is -1.93. The van der Waals surface area contributed by atoms with Crippen LogP contribution in [-0.4, -0.2) is 48.3 Å². The van der Waals surface area contributed by atoms with Crippen molar-refractivity contribution in [1.29, 1.82) is 0 Å². The van der Waals surface area contributed by atoms with Crippen LogP contribution in [0.5, 0.6) is 0 Å². The highest BCUT2D eigenvalue weighted by Crippen LogP contribution is 2.35. The summed E-state index contributed by atoms with van der Waals surface area (Å²) in [5.41, 5.74) is 0.294. The zero-order valence-electron chi connectivity index (χ0n) is 15.3. The van der Waals surface area contributed by atoms with Crippen LogP contribution in [0.4, 0.5) is 0 Å². The van der Waals surface area contributed by atoms with Gasteiger partial charge >= 0.3 is 5.97 Å². The molecule has 2 fully saturated rings. The molecule has 1 saturated carbocycles. The zero-order chi connectivity index (χ0) is 19.5. The van der Waals surface area contributed by atoms with Gasteiger partial charge in [-0.3, -0.25) is 9.59 Å². The number of carboxylic acid groups (broad SMARTS) is 1. The molecule has 8 heteroatoms. The fraction of sp³-hybridized carbons (Fsp3) is 0.579. The normalized spacial score (nSPS) is 19.4. The highest BCUT2D eigenvalue weighted by atomic mass is 32.2. The Morgan fingerprint density at radius 3 is 2.22 bits per heavy atom. The van der Waals surface area contributed by atoms with Crippen molar-refractivity contribution < 1.29 is 23.1 Å². The summed E-state index contributed by atoms with van der Waals surface area (Å²) in [6.45, 7) is 1.14. The number of hydrogen-bond donors (Lipinski definition) is 2. The Balaban J connectivity index is 1.54. The number of rotatable bonds is 8. The SMILES string of the molecule is O=C(O)CC1(NC(=O)CCc2ccc(S(=O)(=O)N3CCCC3)cc2)CCC1. The van der Waals surface area contributed by atoms with E-state index in [1.807, 2.05) is 0 Å². The number of nitrogens with one attached hydrogen (secondary N) is 1. The van der Waals surface area contributed by atoms with Crippen LogP contribution in [0.1, 0.15) is 50.5 Å². The lowest BCUT2D eigenvalue weighted by Gasteiger charge is -2.41.